The van der Waals surface area contributed by atoms with Crippen molar-refractivity contribution in [3.05, 3.63) is 78.1 Å². The predicted molar refractivity (Wildman–Crippen MR) is 108 cm³/mol. The van der Waals surface area contributed by atoms with Crippen LogP contribution < -0.4 is 0 Å². The van der Waals surface area contributed by atoms with E-state index in [4.69, 9.17) is 0 Å². The second-order valence-corrected chi connectivity index (χ2v) is 6.33. The predicted octanol–water partition coefficient (Wildman–Crippen LogP) is 4.43. The molecule has 1 heterocycles. The number of aromatic nitrogens is 3. The molecule has 0 saturated heterocycles. The molecule has 0 aliphatic carbocycles. The summed E-state index contributed by atoms with van der Waals surface area (Å²) in [5, 5.41) is 6.69. The van der Waals surface area contributed by atoms with Gasteiger partial charge in [-0.3, -0.25) is 9.89 Å². The summed E-state index contributed by atoms with van der Waals surface area (Å²) in [6, 6.07) is 17.6. The minimum Gasteiger partial charge on any atom is -0.335 e. The monoisotopic (exact) mass is 360 g/mol. The first kappa shape index (κ1) is 18.6. The van der Waals surface area contributed by atoms with Gasteiger partial charge in [0.2, 0.25) is 0 Å². The number of carbonyl (C=O) groups excluding carboxylic acids is 1. The van der Waals surface area contributed by atoms with Crippen LogP contribution in [0, 0.1) is 0 Å². The van der Waals surface area contributed by atoms with E-state index in [0.29, 0.717) is 17.9 Å². The molecule has 0 saturated carbocycles. The van der Waals surface area contributed by atoms with Crippen LogP contribution in [0.25, 0.3) is 17.5 Å². The normalized spacial score (nSPS) is 11.0. The number of benzene rings is 2. The molecule has 0 unspecified atom stereocenters. The van der Waals surface area contributed by atoms with Crippen LogP contribution in [-0.2, 0) is 0 Å². The molecule has 0 aliphatic rings. The Kier molecular flexibility index (Phi) is 6.52. The van der Waals surface area contributed by atoms with Gasteiger partial charge >= 0.3 is 0 Å². The SMILES string of the molecule is CCCCN(C/C=C/c1ccccc1)C(=O)c1ccc(-c2ncn[nH]2)cc1. The lowest BCUT2D eigenvalue weighted by Crippen LogP contribution is -2.32. The van der Waals surface area contributed by atoms with Gasteiger partial charge in [0.15, 0.2) is 5.82 Å². The van der Waals surface area contributed by atoms with E-state index in [0.717, 1.165) is 30.5 Å². The quantitative estimate of drug-likeness (QED) is 0.646. The van der Waals surface area contributed by atoms with Crippen LogP contribution in [0.3, 0.4) is 0 Å². The van der Waals surface area contributed by atoms with Crippen LogP contribution in [0.5, 0.6) is 0 Å². The lowest BCUT2D eigenvalue weighted by molar-refractivity contribution is 0.0772. The Morgan fingerprint density at radius 1 is 1.11 bits per heavy atom. The Morgan fingerprint density at radius 2 is 1.89 bits per heavy atom. The van der Waals surface area contributed by atoms with E-state index in [-0.39, 0.29) is 5.91 Å². The smallest absolute Gasteiger partial charge is 0.254 e. The molecule has 0 radical (unpaired) electrons. The molecule has 0 aliphatic heterocycles. The Balaban J connectivity index is 1.69. The van der Waals surface area contributed by atoms with Gasteiger partial charge in [-0.05, 0) is 24.1 Å². The summed E-state index contributed by atoms with van der Waals surface area (Å²) >= 11 is 0. The molecule has 5 nitrogen and oxygen atoms in total. The van der Waals surface area contributed by atoms with Crippen LogP contribution >= 0.6 is 0 Å². The van der Waals surface area contributed by atoms with Gasteiger partial charge in [-0.2, -0.15) is 5.10 Å². The summed E-state index contributed by atoms with van der Waals surface area (Å²) < 4.78 is 0. The number of unbranched alkanes of at least 4 members (excludes halogenated alkanes) is 1. The molecule has 0 spiro atoms. The fraction of sp³-hybridized carbons (Fsp3) is 0.227. The third-order valence-electron chi connectivity index (χ3n) is 4.32. The lowest BCUT2D eigenvalue weighted by Gasteiger charge is -2.21. The first-order chi connectivity index (χ1) is 13.3. The van der Waals surface area contributed by atoms with E-state index in [9.17, 15) is 4.79 Å². The average molecular weight is 360 g/mol. The van der Waals surface area contributed by atoms with Crippen molar-refractivity contribution in [3.63, 3.8) is 0 Å². The molecular weight excluding hydrogens is 336 g/mol. The van der Waals surface area contributed by atoms with Crippen molar-refractivity contribution in [2.45, 2.75) is 19.8 Å². The largest absolute Gasteiger partial charge is 0.335 e. The van der Waals surface area contributed by atoms with E-state index in [1.807, 2.05) is 53.4 Å². The second kappa shape index (κ2) is 9.48. The maximum atomic E-state index is 12.9. The number of hydrogen-bond acceptors (Lipinski definition) is 3. The third kappa shape index (κ3) is 5.14. The highest BCUT2D eigenvalue weighted by Gasteiger charge is 2.14. The third-order valence-corrected chi connectivity index (χ3v) is 4.32. The zero-order chi connectivity index (χ0) is 18.9. The second-order valence-electron chi connectivity index (χ2n) is 6.33. The van der Waals surface area contributed by atoms with Crippen molar-refractivity contribution < 1.29 is 4.79 Å². The summed E-state index contributed by atoms with van der Waals surface area (Å²) in [6.45, 7) is 3.48. The number of nitrogens with zero attached hydrogens (tertiary/aromatic N) is 3. The highest BCUT2D eigenvalue weighted by atomic mass is 16.2. The number of aromatic amines is 1. The van der Waals surface area contributed by atoms with Gasteiger partial charge in [0, 0.05) is 24.2 Å². The summed E-state index contributed by atoms with van der Waals surface area (Å²) in [7, 11) is 0. The molecule has 27 heavy (non-hydrogen) atoms. The Bertz CT molecular complexity index is 855. The number of nitrogens with one attached hydrogen (secondary N) is 1. The minimum absolute atomic E-state index is 0.0466. The van der Waals surface area contributed by atoms with Crippen molar-refractivity contribution in [1.29, 1.82) is 0 Å². The van der Waals surface area contributed by atoms with Gasteiger partial charge in [-0.25, -0.2) is 4.98 Å². The lowest BCUT2D eigenvalue weighted by atomic mass is 10.1. The molecule has 0 atom stereocenters. The fourth-order valence-electron chi connectivity index (χ4n) is 2.80. The minimum atomic E-state index is 0.0466. The van der Waals surface area contributed by atoms with Gasteiger partial charge in [0.1, 0.15) is 6.33 Å². The Morgan fingerprint density at radius 3 is 2.56 bits per heavy atom. The van der Waals surface area contributed by atoms with Crippen LogP contribution in [-0.4, -0.2) is 39.1 Å². The Hall–Kier alpha value is -3.21. The molecule has 0 bridgehead atoms. The van der Waals surface area contributed by atoms with Gasteiger partial charge in [0.05, 0.1) is 0 Å². The van der Waals surface area contributed by atoms with Crippen molar-refractivity contribution in [2.24, 2.45) is 0 Å². The van der Waals surface area contributed by atoms with E-state index in [2.05, 4.69) is 40.3 Å². The molecule has 3 rings (SSSR count). The summed E-state index contributed by atoms with van der Waals surface area (Å²) in [5.41, 5.74) is 2.73. The van der Waals surface area contributed by atoms with Crippen molar-refractivity contribution in [1.82, 2.24) is 20.1 Å². The molecule has 0 fully saturated rings. The molecule has 1 N–H and O–H groups in total. The number of rotatable bonds is 8. The van der Waals surface area contributed by atoms with E-state index in [1.165, 1.54) is 6.33 Å². The zero-order valence-corrected chi connectivity index (χ0v) is 15.5. The molecule has 5 heteroatoms. The number of hydrogen-bond donors (Lipinski definition) is 1. The van der Waals surface area contributed by atoms with Gasteiger partial charge < -0.3 is 4.90 Å². The van der Waals surface area contributed by atoms with E-state index < -0.39 is 0 Å². The molecule has 138 valence electrons. The van der Waals surface area contributed by atoms with Gasteiger partial charge in [-0.1, -0.05) is 68.0 Å². The zero-order valence-electron chi connectivity index (χ0n) is 15.5. The van der Waals surface area contributed by atoms with Gasteiger partial charge in [0.25, 0.3) is 5.91 Å². The summed E-state index contributed by atoms with van der Waals surface area (Å²) in [4.78, 5) is 19.0. The van der Waals surface area contributed by atoms with Crippen molar-refractivity contribution in [3.8, 4) is 11.4 Å². The maximum absolute atomic E-state index is 12.9. The highest BCUT2D eigenvalue weighted by molar-refractivity contribution is 5.94. The average Bonchev–Trinajstić information content (AvgIpc) is 3.26. The molecule has 2 aromatic carbocycles. The molecule has 3 aromatic rings. The van der Waals surface area contributed by atoms with Crippen molar-refractivity contribution in [2.75, 3.05) is 13.1 Å². The van der Waals surface area contributed by atoms with Crippen LogP contribution in [0.15, 0.2) is 67.0 Å². The summed E-state index contributed by atoms with van der Waals surface area (Å²) in [6.07, 6.45) is 7.61. The number of amides is 1. The van der Waals surface area contributed by atoms with Crippen LogP contribution in [0.1, 0.15) is 35.7 Å². The standard InChI is InChI=1S/C22H24N4O/c1-2-3-15-26(16-7-10-18-8-5-4-6-9-18)22(27)20-13-11-19(12-14-20)21-23-17-24-25-21/h4-14,17H,2-3,15-16H2,1H3,(H,23,24,25)/b10-7+. The molecule has 1 amide bonds. The first-order valence-corrected chi connectivity index (χ1v) is 9.24. The Labute approximate surface area is 159 Å². The first-order valence-electron chi connectivity index (χ1n) is 9.24. The summed E-state index contributed by atoms with van der Waals surface area (Å²) in [5.74, 6) is 0.743. The topological polar surface area (TPSA) is 61.9 Å². The fourth-order valence-corrected chi connectivity index (χ4v) is 2.80. The van der Waals surface area contributed by atoms with E-state index >= 15 is 0 Å². The number of H-pyrrole nitrogens is 1. The van der Waals surface area contributed by atoms with Crippen LogP contribution in [0.2, 0.25) is 0 Å². The number of carbonyl (C=O) groups is 1. The maximum Gasteiger partial charge on any atom is 0.254 e. The van der Waals surface area contributed by atoms with Crippen molar-refractivity contribution >= 4 is 12.0 Å². The molecule has 1 aromatic heterocycles. The van der Waals surface area contributed by atoms with Crippen LogP contribution in [0.4, 0.5) is 0 Å². The highest BCUT2D eigenvalue weighted by Crippen LogP contribution is 2.16. The van der Waals surface area contributed by atoms with Gasteiger partial charge in [-0.15, -0.1) is 0 Å². The van der Waals surface area contributed by atoms with E-state index in [1.54, 1.807) is 0 Å². The molecular formula is C22H24N4O.